The van der Waals surface area contributed by atoms with Gasteiger partial charge < -0.3 is 15.2 Å². The summed E-state index contributed by atoms with van der Waals surface area (Å²) in [6.45, 7) is 3.82. The summed E-state index contributed by atoms with van der Waals surface area (Å²) in [6.07, 6.45) is 7.47. The van der Waals surface area contributed by atoms with E-state index >= 15 is 0 Å². The molecule has 1 atom stereocenters. The molecule has 0 radical (unpaired) electrons. The number of hydrogen-bond donors (Lipinski definition) is 2. The van der Waals surface area contributed by atoms with Crippen molar-refractivity contribution in [1.82, 2.24) is 30.2 Å². The molecule has 1 aromatic carbocycles. The molecule has 9 heteroatoms. The lowest BCUT2D eigenvalue weighted by atomic mass is 9.93. The number of piperidine rings is 2. The topological polar surface area (TPSA) is 107 Å². The summed E-state index contributed by atoms with van der Waals surface area (Å²) >= 11 is 0. The van der Waals surface area contributed by atoms with Crippen LogP contribution in [-0.4, -0.2) is 70.0 Å². The number of carbonyl (C=O) groups is 1. The van der Waals surface area contributed by atoms with Crippen LogP contribution in [0.1, 0.15) is 47.9 Å². The Kier molecular flexibility index (Phi) is 6.04. The van der Waals surface area contributed by atoms with E-state index in [0.29, 0.717) is 17.1 Å². The van der Waals surface area contributed by atoms with Crippen LogP contribution in [0.4, 0.5) is 5.82 Å². The molecule has 2 aliphatic rings. The van der Waals surface area contributed by atoms with Gasteiger partial charge in [0, 0.05) is 38.6 Å². The maximum Gasteiger partial charge on any atom is 0.271 e. The average Bonchev–Trinajstić information content (AvgIpc) is 2.88. The Morgan fingerprint density at radius 1 is 1.09 bits per heavy atom. The number of rotatable bonds is 4. The molecule has 9 nitrogen and oxygen atoms in total. The number of anilines is 1. The zero-order chi connectivity index (χ0) is 22.8. The minimum atomic E-state index is -0.227. The Morgan fingerprint density at radius 3 is 2.67 bits per heavy atom. The number of aromatic nitrogens is 4. The van der Waals surface area contributed by atoms with Crippen molar-refractivity contribution in [3.05, 3.63) is 58.5 Å². The van der Waals surface area contributed by atoms with Gasteiger partial charge in [-0.15, -0.1) is 0 Å². The summed E-state index contributed by atoms with van der Waals surface area (Å²) in [5, 5.41) is 3.21. The van der Waals surface area contributed by atoms with E-state index in [1.807, 2.05) is 24.3 Å². The quantitative estimate of drug-likeness (QED) is 0.629. The molecule has 2 aliphatic heterocycles. The van der Waals surface area contributed by atoms with E-state index in [9.17, 15) is 9.59 Å². The fourth-order valence-electron chi connectivity index (χ4n) is 5.05. The zero-order valence-electron chi connectivity index (χ0n) is 18.8. The van der Waals surface area contributed by atoms with Crippen LogP contribution in [0.5, 0.6) is 0 Å². The van der Waals surface area contributed by atoms with Crippen molar-refractivity contribution in [3.63, 3.8) is 0 Å². The van der Waals surface area contributed by atoms with E-state index in [4.69, 9.17) is 4.98 Å². The van der Waals surface area contributed by atoms with Gasteiger partial charge in [0.2, 0.25) is 0 Å². The highest BCUT2D eigenvalue weighted by atomic mass is 16.1. The van der Waals surface area contributed by atoms with Gasteiger partial charge in [-0.2, -0.15) is 0 Å². The Morgan fingerprint density at radius 2 is 1.91 bits per heavy atom. The molecule has 3 aromatic rings. The number of para-hydroxylation sites is 1. The maximum atomic E-state index is 12.5. The van der Waals surface area contributed by atoms with Crippen molar-refractivity contribution in [2.75, 3.05) is 38.1 Å². The molecule has 5 rings (SSSR count). The normalized spacial score (nSPS) is 20.2. The van der Waals surface area contributed by atoms with Gasteiger partial charge in [0.25, 0.3) is 11.5 Å². The highest BCUT2D eigenvalue weighted by Gasteiger charge is 2.31. The van der Waals surface area contributed by atoms with Crippen LogP contribution in [-0.2, 0) is 0 Å². The third kappa shape index (κ3) is 4.45. The number of hydrogen-bond acceptors (Lipinski definition) is 7. The molecule has 0 aliphatic carbocycles. The number of nitrogens with zero attached hydrogens (tertiary/aromatic N) is 5. The van der Waals surface area contributed by atoms with Crippen molar-refractivity contribution >= 4 is 22.6 Å². The summed E-state index contributed by atoms with van der Waals surface area (Å²) < 4.78 is 0. The number of fused-ring (bicyclic) bond motifs is 1. The summed E-state index contributed by atoms with van der Waals surface area (Å²) in [6, 6.07) is 8.04. The molecule has 0 bridgehead atoms. The summed E-state index contributed by atoms with van der Waals surface area (Å²) in [5.41, 5.74) is 1.05. The number of aromatic amines is 1. The number of benzene rings is 1. The minimum absolute atomic E-state index is 0.0513. The van der Waals surface area contributed by atoms with Crippen LogP contribution >= 0.6 is 0 Å². The molecule has 172 valence electrons. The Hall–Kier alpha value is -3.33. The van der Waals surface area contributed by atoms with Crippen molar-refractivity contribution in [2.24, 2.45) is 0 Å². The minimum Gasteiger partial charge on any atom is -0.355 e. The molecule has 2 fully saturated rings. The fraction of sp³-hybridized carbons (Fsp3) is 0.458. The average molecular weight is 448 g/mol. The zero-order valence-corrected chi connectivity index (χ0v) is 18.8. The SMILES string of the molecule is CNC(=O)c1cnc(N2CCC(N3CCCC(c4nc5ccccc5c(=O)[nH]4)C3)CC2)cn1. The van der Waals surface area contributed by atoms with E-state index in [-0.39, 0.29) is 17.4 Å². The second-order valence-corrected chi connectivity index (χ2v) is 8.86. The van der Waals surface area contributed by atoms with Crippen molar-refractivity contribution in [3.8, 4) is 0 Å². The van der Waals surface area contributed by atoms with Crippen LogP contribution in [0.3, 0.4) is 0 Å². The van der Waals surface area contributed by atoms with Crippen molar-refractivity contribution in [1.29, 1.82) is 0 Å². The monoisotopic (exact) mass is 447 g/mol. The van der Waals surface area contributed by atoms with Gasteiger partial charge >= 0.3 is 0 Å². The van der Waals surface area contributed by atoms with Gasteiger partial charge in [-0.1, -0.05) is 12.1 Å². The van der Waals surface area contributed by atoms with Gasteiger partial charge in [-0.05, 0) is 44.4 Å². The van der Waals surface area contributed by atoms with E-state index in [1.165, 1.54) is 6.20 Å². The maximum absolute atomic E-state index is 12.5. The van der Waals surface area contributed by atoms with Crippen molar-refractivity contribution < 1.29 is 4.79 Å². The van der Waals surface area contributed by atoms with E-state index in [1.54, 1.807) is 13.2 Å². The van der Waals surface area contributed by atoms with Gasteiger partial charge in [0.05, 0.1) is 23.3 Å². The summed E-state index contributed by atoms with van der Waals surface area (Å²) in [7, 11) is 1.58. The molecule has 0 spiro atoms. The Bertz CT molecular complexity index is 1190. The molecule has 2 N–H and O–H groups in total. The van der Waals surface area contributed by atoms with Crippen LogP contribution in [0.15, 0.2) is 41.5 Å². The number of carbonyl (C=O) groups excluding carboxylic acids is 1. The smallest absolute Gasteiger partial charge is 0.271 e. The molecule has 33 heavy (non-hydrogen) atoms. The van der Waals surface area contributed by atoms with Gasteiger partial charge in [0.15, 0.2) is 0 Å². The molecule has 4 heterocycles. The first-order valence-electron chi connectivity index (χ1n) is 11.6. The Balaban J connectivity index is 1.22. The predicted octanol–water partition coefficient (Wildman–Crippen LogP) is 1.92. The molecule has 0 saturated carbocycles. The third-order valence-electron chi connectivity index (χ3n) is 6.87. The molecular formula is C24H29N7O2. The van der Waals surface area contributed by atoms with E-state index < -0.39 is 0 Å². The number of likely N-dealkylation sites (tertiary alicyclic amines) is 1. The van der Waals surface area contributed by atoms with Crippen LogP contribution in [0.25, 0.3) is 10.9 Å². The van der Waals surface area contributed by atoms with Crippen LogP contribution < -0.4 is 15.8 Å². The number of nitrogens with one attached hydrogen (secondary N) is 2. The van der Waals surface area contributed by atoms with Crippen LogP contribution in [0, 0.1) is 0 Å². The van der Waals surface area contributed by atoms with E-state index in [0.717, 1.165) is 69.0 Å². The lowest BCUT2D eigenvalue weighted by molar-refractivity contribution is 0.0958. The summed E-state index contributed by atoms with van der Waals surface area (Å²) in [4.78, 5) is 45.5. The first-order chi connectivity index (χ1) is 16.1. The highest BCUT2D eigenvalue weighted by molar-refractivity contribution is 5.91. The third-order valence-corrected chi connectivity index (χ3v) is 6.87. The molecule has 1 unspecified atom stereocenters. The highest BCUT2D eigenvalue weighted by Crippen LogP contribution is 2.29. The first-order valence-corrected chi connectivity index (χ1v) is 11.6. The van der Waals surface area contributed by atoms with Crippen LogP contribution in [0.2, 0.25) is 0 Å². The van der Waals surface area contributed by atoms with Gasteiger partial charge in [0.1, 0.15) is 17.3 Å². The predicted molar refractivity (Wildman–Crippen MR) is 127 cm³/mol. The molecule has 2 aromatic heterocycles. The molecular weight excluding hydrogens is 418 g/mol. The van der Waals surface area contributed by atoms with Gasteiger partial charge in [-0.3, -0.25) is 14.5 Å². The Labute approximate surface area is 192 Å². The second-order valence-electron chi connectivity index (χ2n) is 8.86. The standard InChI is InChI=1S/C24H29N7O2/c1-25-24(33)20-13-27-21(14-26-20)30-11-8-17(9-12-30)31-10-4-5-16(15-31)22-28-19-7-3-2-6-18(19)23(32)29-22/h2-3,6-7,13-14,16-17H,4-5,8-12,15H2,1H3,(H,25,33)(H,28,29,32). The number of amides is 1. The largest absolute Gasteiger partial charge is 0.355 e. The first kappa shape index (κ1) is 21.5. The summed E-state index contributed by atoms with van der Waals surface area (Å²) in [5.74, 6) is 1.65. The van der Waals surface area contributed by atoms with Gasteiger partial charge in [-0.25, -0.2) is 15.0 Å². The number of H-pyrrole nitrogens is 1. The molecule has 1 amide bonds. The van der Waals surface area contributed by atoms with E-state index in [2.05, 4.69) is 30.1 Å². The lowest BCUT2D eigenvalue weighted by Crippen LogP contribution is -2.48. The fourth-order valence-corrected chi connectivity index (χ4v) is 5.05. The molecule has 2 saturated heterocycles. The van der Waals surface area contributed by atoms with Crippen molar-refractivity contribution in [2.45, 2.75) is 37.6 Å². The second kappa shape index (κ2) is 9.27. The lowest BCUT2D eigenvalue weighted by Gasteiger charge is -2.42.